The van der Waals surface area contributed by atoms with Crippen LogP contribution in [0.4, 0.5) is 8.78 Å². The van der Waals surface area contributed by atoms with Gasteiger partial charge in [-0.3, -0.25) is 4.98 Å². The number of rotatable bonds is 4. The Morgan fingerprint density at radius 2 is 2.29 bits per heavy atom. The first-order valence-electron chi connectivity index (χ1n) is 4.71. The standard InChI is InChI=1S/C10H9BrClF2NO2/c1-2-17-10(16)6-4-15-8(9(13)14)7(12)5(6)3-11/h4,9H,2-3H2,1H3. The van der Waals surface area contributed by atoms with Gasteiger partial charge in [-0.1, -0.05) is 27.5 Å². The van der Waals surface area contributed by atoms with E-state index in [4.69, 9.17) is 16.3 Å². The molecule has 1 aromatic heterocycles. The lowest BCUT2D eigenvalue weighted by Gasteiger charge is -2.11. The van der Waals surface area contributed by atoms with Crippen LogP contribution >= 0.6 is 27.5 Å². The lowest BCUT2D eigenvalue weighted by molar-refractivity contribution is 0.0524. The van der Waals surface area contributed by atoms with E-state index in [1.54, 1.807) is 6.92 Å². The number of hydrogen-bond donors (Lipinski definition) is 0. The van der Waals surface area contributed by atoms with Gasteiger partial charge in [0.2, 0.25) is 0 Å². The highest BCUT2D eigenvalue weighted by molar-refractivity contribution is 9.08. The van der Waals surface area contributed by atoms with E-state index < -0.39 is 18.1 Å². The van der Waals surface area contributed by atoms with Crippen LogP contribution in [0.25, 0.3) is 0 Å². The summed E-state index contributed by atoms with van der Waals surface area (Å²) in [5, 5.41) is -0.0372. The van der Waals surface area contributed by atoms with Gasteiger partial charge in [-0.05, 0) is 12.5 Å². The second kappa shape index (κ2) is 6.26. The van der Waals surface area contributed by atoms with Crippen molar-refractivity contribution >= 4 is 33.5 Å². The second-order valence-electron chi connectivity index (χ2n) is 3.00. The Morgan fingerprint density at radius 1 is 1.65 bits per heavy atom. The highest BCUT2D eigenvalue weighted by Crippen LogP contribution is 2.31. The second-order valence-corrected chi connectivity index (χ2v) is 3.94. The van der Waals surface area contributed by atoms with Crippen LogP contribution < -0.4 is 0 Å². The lowest BCUT2D eigenvalue weighted by Crippen LogP contribution is -2.10. The zero-order valence-electron chi connectivity index (χ0n) is 8.84. The molecule has 0 bridgehead atoms. The molecule has 1 heterocycles. The Kier molecular flexibility index (Phi) is 5.27. The Hall–Kier alpha value is -0.750. The molecular formula is C10H9BrClF2NO2. The van der Waals surface area contributed by atoms with Crippen molar-refractivity contribution in [3.63, 3.8) is 0 Å². The first-order valence-corrected chi connectivity index (χ1v) is 6.21. The van der Waals surface area contributed by atoms with Crippen LogP contribution in [-0.2, 0) is 10.1 Å². The van der Waals surface area contributed by atoms with Gasteiger partial charge in [-0.2, -0.15) is 0 Å². The monoisotopic (exact) mass is 327 g/mol. The van der Waals surface area contributed by atoms with Crippen molar-refractivity contribution in [3.8, 4) is 0 Å². The lowest BCUT2D eigenvalue weighted by atomic mass is 10.1. The maximum atomic E-state index is 12.5. The molecular weight excluding hydrogens is 319 g/mol. The smallest absolute Gasteiger partial charge is 0.340 e. The van der Waals surface area contributed by atoms with E-state index in [9.17, 15) is 13.6 Å². The fourth-order valence-electron chi connectivity index (χ4n) is 1.21. The predicted octanol–water partition coefficient (Wildman–Crippen LogP) is 3.74. The molecule has 0 spiro atoms. The summed E-state index contributed by atoms with van der Waals surface area (Å²) in [6, 6.07) is 0. The number of alkyl halides is 3. The maximum Gasteiger partial charge on any atom is 0.340 e. The normalized spacial score (nSPS) is 10.7. The summed E-state index contributed by atoms with van der Waals surface area (Å²) in [5.74, 6) is -0.628. The van der Waals surface area contributed by atoms with Gasteiger partial charge < -0.3 is 4.74 Å². The zero-order chi connectivity index (χ0) is 13.0. The molecule has 0 fully saturated rings. The number of esters is 1. The van der Waals surface area contributed by atoms with Crippen LogP contribution in [0.5, 0.6) is 0 Å². The minimum absolute atomic E-state index is 0.0955. The summed E-state index contributed by atoms with van der Waals surface area (Å²) in [4.78, 5) is 15.0. The van der Waals surface area contributed by atoms with Crippen molar-refractivity contribution in [3.05, 3.63) is 28.0 Å². The van der Waals surface area contributed by atoms with E-state index >= 15 is 0 Å². The molecule has 0 N–H and O–H groups in total. The third-order valence-electron chi connectivity index (χ3n) is 1.98. The quantitative estimate of drug-likeness (QED) is 0.624. The summed E-state index contributed by atoms with van der Waals surface area (Å²) >= 11 is 8.87. The molecule has 0 aliphatic rings. The Labute approximate surface area is 110 Å². The third-order valence-corrected chi connectivity index (χ3v) is 2.97. The molecule has 1 aromatic rings. The minimum atomic E-state index is -2.78. The fraction of sp³-hybridized carbons (Fsp3) is 0.400. The fourth-order valence-corrected chi connectivity index (χ4v) is 2.25. The Bertz CT molecular complexity index is 429. The van der Waals surface area contributed by atoms with Gasteiger partial charge in [0.15, 0.2) is 0 Å². The number of carbonyl (C=O) groups is 1. The van der Waals surface area contributed by atoms with E-state index in [1.807, 2.05) is 0 Å². The van der Waals surface area contributed by atoms with Gasteiger partial charge in [0.25, 0.3) is 6.43 Å². The molecule has 94 valence electrons. The van der Waals surface area contributed by atoms with Crippen molar-refractivity contribution in [2.45, 2.75) is 18.7 Å². The minimum Gasteiger partial charge on any atom is -0.462 e. The molecule has 0 amide bonds. The van der Waals surface area contributed by atoms with Crippen LogP contribution in [0.3, 0.4) is 0 Å². The van der Waals surface area contributed by atoms with E-state index in [-0.39, 0.29) is 28.1 Å². The highest BCUT2D eigenvalue weighted by Gasteiger charge is 2.22. The number of halogens is 4. The SMILES string of the molecule is CCOC(=O)c1cnc(C(F)F)c(Cl)c1CBr. The molecule has 1 rings (SSSR count). The van der Waals surface area contributed by atoms with E-state index in [2.05, 4.69) is 20.9 Å². The third kappa shape index (κ3) is 3.13. The molecule has 0 saturated carbocycles. The van der Waals surface area contributed by atoms with Crippen molar-refractivity contribution < 1.29 is 18.3 Å². The van der Waals surface area contributed by atoms with Crippen LogP contribution in [0, 0.1) is 0 Å². The molecule has 0 aromatic carbocycles. The Balaban J connectivity index is 3.25. The number of pyridine rings is 1. The van der Waals surface area contributed by atoms with Crippen molar-refractivity contribution in [2.75, 3.05) is 6.61 Å². The van der Waals surface area contributed by atoms with Crippen LogP contribution in [0.15, 0.2) is 6.20 Å². The van der Waals surface area contributed by atoms with E-state index in [0.29, 0.717) is 0 Å². The molecule has 0 aliphatic heterocycles. The van der Waals surface area contributed by atoms with Gasteiger partial charge in [0.05, 0.1) is 17.2 Å². The summed E-state index contributed by atoms with van der Waals surface area (Å²) in [7, 11) is 0. The van der Waals surface area contributed by atoms with Crippen LogP contribution in [0.1, 0.15) is 35.0 Å². The van der Waals surface area contributed by atoms with Gasteiger partial charge in [-0.15, -0.1) is 0 Å². The largest absolute Gasteiger partial charge is 0.462 e. The summed E-state index contributed by atoms with van der Waals surface area (Å²) in [5.41, 5.74) is -0.178. The molecule has 0 saturated heterocycles. The predicted molar refractivity (Wildman–Crippen MR) is 62.8 cm³/mol. The maximum absolute atomic E-state index is 12.5. The number of ether oxygens (including phenoxy) is 1. The summed E-state index contributed by atoms with van der Waals surface area (Å²) in [6.07, 6.45) is -1.72. The average Bonchev–Trinajstić information content (AvgIpc) is 2.28. The number of hydrogen-bond acceptors (Lipinski definition) is 3. The first-order chi connectivity index (χ1) is 8.02. The van der Waals surface area contributed by atoms with Crippen molar-refractivity contribution in [1.82, 2.24) is 4.98 Å². The van der Waals surface area contributed by atoms with Gasteiger partial charge >= 0.3 is 5.97 Å². The summed E-state index contributed by atoms with van der Waals surface area (Å²) in [6.45, 7) is 1.84. The number of aromatic nitrogens is 1. The van der Waals surface area contributed by atoms with Gasteiger partial charge in [0, 0.05) is 11.5 Å². The van der Waals surface area contributed by atoms with Crippen molar-refractivity contribution in [2.24, 2.45) is 0 Å². The van der Waals surface area contributed by atoms with Gasteiger partial charge in [0.1, 0.15) is 5.69 Å². The Morgan fingerprint density at radius 3 is 2.76 bits per heavy atom. The van der Waals surface area contributed by atoms with Crippen molar-refractivity contribution in [1.29, 1.82) is 0 Å². The van der Waals surface area contributed by atoms with Gasteiger partial charge in [-0.25, -0.2) is 13.6 Å². The molecule has 0 atom stereocenters. The zero-order valence-corrected chi connectivity index (χ0v) is 11.2. The molecule has 0 radical (unpaired) electrons. The number of nitrogens with zero attached hydrogens (tertiary/aromatic N) is 1. The van der Waals surface area contributed by atoms with Crippen LogP contribution in [-0.4, -0.2) is 17.6 Å². The molecule has 0 unspecified atom stereocenters. The van der Waals surface area contributed by atoms with Crippen LogP contribution in [0.2, 0.25) is 5.02 Å². The van der Waals surface area contributed by atoms with E-state index in [1.165, 1.54) is 0 Å². The first kappa shape index (κ1) is 14.3. The molecule has 17 heavy (non-hydrogen) atoms. The topological polar surface area (TPSA) is 39.2 Å². The number of carbonyl (C=O) groups excluding carboxylic acids is 1. The summed E-state index contributed by atoms with van der Waals surface area (Å²) < 4.78 is 29.9. The average molecular weight is 329 g/mol. The molecule has 7 heteroatoms. The van der Waals surface area contributed by atoms with E-state index in [0.717, 1.165) is 6.20 Å². The molecule has 3 nitrogen and oxygen atoms in total. The highest BCUT2D eigenvalue weighted by atomic mass is 79.9. The molecule has 0 aliphatic carbocycles.